The SMILES string of the molecule is Cc1nc2ccccc2n1CCCNC(=O)C1=Cc2ccccc2OC1. The molecule has 0 unspecified atom stereocenters. The third-order valence-corrected chi connectivity index (χ3v) is 4.61. The maximum atomic E-state index is 12.4. The average Bonchev–Trinajstić information content (AvgIpc) is 3.00. The first-order valence-corrected chi connectivity index (χ1v) is 8.85. The summed E-state index contributed by atoms with van der Waals surface area (Å²) in [5.74, 6) is 1.76. The van der Waals surface area contributed by atoms with Crippen molar-refractivity contribution in [3.63, 3.8) is 0 Å². The van der Waals surface area contributed by atoms with Gasteiger partial charge in [-0.2, -0.15) is 0 Å². The summed E-state index contributed by atoms with van der Waals surface area (Å²) in [5, 5.41) is 2.99. The normalized spacial score (nSPS) is 13.0. The fourth-order valence-corrected chi connectivity index (χ4v) is 3.28. The van der Waals surface area contributed by atoms with Crippen molar-refractivity contribution in [1.82, 2.24) is 14.9 Å². The number of benzene rings is 2. The van der Waals surface area contributed by atoms with Gasteiger partial charge in [0.05, 0.1) is 16.6 Å². The van der Waals surface area contributed by atoms with E-state index < -0.39 is 0 Å². The number of para-hydroxylation sites is 3. The number of nitrogens with one attached hydrogen (secondary N) is 1. The quantitative estimate of drug-likeness (QED) is 0.720. The van der Waals surface area contributed by atoms with E-state index in [0.717, 1.165) is 41.1 Å². The molecule has 0 saturated carbocycles. The molecule has 0 bridgehead atoms. The van der Waals surface area contributed by atoms with Crippen molar-refractivity contribution in [2.45, 2.75) is 19.9 Å². The van der Waals surface area contributed by atoms with Crippen LogP contribution in [0.4, 0.5) is 0 Å². The molecule has 1 aromatic heterocycles. The second-order valence-electron chi connectivity index (χ2n) is 6.40. The molecule has 3 aromatic rings. The van der Waals surface area contributed by atoms with E-state index in [1.54, 1.807) is 0 Å². The highest BCUT2D eigenvalue weighted by atomic mass is 16.5. The Morgan fingerprint density at radius 1 is 1.19 bits per heavy atom. The minimum atomic E-state index is -0.0632. The van der Waals surface area contributed by atoms with Crippen molar-refractivity contribution in [2.24, 2.45) is 0 Å². The number of rotatable bonds is 5. The highest BCUT2D eigenvalue weighted by molar-refractivity contribution is 5.99. The Morgan fingerprint density at radius 3 is 2.92 bits per heavy atom. The number of hydrogen-bond donors (Lipinski definition) is 1. The summed E-state index contributed by atoms with van der Waals surface area (Å²) in [5.41, 5.74) is 3.76. The van der Waals surface area contributed by atoms with Crippen molar-refractivity contribution in [1.29, 1.82) is 0 Å². The Hall–Kier alpha value is -3.08. The molecule has 0 radical (unpaired) electrons. The van der Waals surface area contributed by atoms with Crippen LogP contribution in [0, 0.1) is 6.92 Å². The predicted octanol–water partition coefficient (Wildman–Crippen LogP) is 3.33. The minimum Gasteiger partial charge on any atom is -0.488 e. The van der Waals surface area contributed by atoms with Crippen LogP contribution >= 0.6 is 0 Å². The summed E-state index contributed by atoms with van der Waals surface area (Å²) < 4.78 is 7.84. The van der Waals surface area contributed by atoms with Crippen LogP contribution in [0.5, 0.6) is 5.75 Å². The fraction of sp³-hybridized carbons (Fsp3) is 0.238. The van der Waals surface area contributed by atoms with Gasteiger partial charge < -0.3 is 14.6 Å². The molecule has 2 aromatic carbocycles. The van der Waals surface area contributed by atoms with E-state index in [2.05, 4.69) is 20.9 Å². The Morgan fingerprint density at radius 2 is 2.00 bits per heavy atom. The average molecular weight is 347 g/mol. The van der Waals surface area contributed by atoms with Crippen molar-refractivity contribution in [3.05, 3.63) is 65.5 Å². The van der Waals surface area contributed by atoms with Gasteiger partial charge in [0.2, 0.25) is 0 Å². The van der Waals surface area contributed by atoms with Crippen LogP contribution in [0.2, 0.25) is 0 Å². The molecule has 0 fully saturated rings. The Bertz CT molecular complexity index is 988. The van der Waals surface area contributed by atoms with E-state index in [-0.39, 0.29) is 5.91 Å². The van der Waals surface area contributed by atoms with E-state index in [9.17, 15) is 4.79 Å². The smallest absolute Gasteiger partial charge is 0.250 e. The van der Waals surface area contributed by atoms with E-state index in [1.807, 2.05) is 55.5 Å². The lowest BCUT2D eigenvalue weighted by Gasteiger charge is -2.17. The number of nitrogens with zero attached hydrogens (tertiary/aromatic N) is 2. The largest absolute Gasteiger partial charge is 0.488 e. The Kier molecular flexibility index (Phi) is 4.44. The molecule has 1 amide bonds. The molecule has 2 heterocycles. The summed E-state index contributed by atoms with van der Waals surface area (Å²) in [6.07, 6.45) is 2.75. The molecular weight excluding hydrogens is 326 g/mol. The maximum Gasteiger partial charge on any atom is 0.250 e. The molecule has 5 heteroatoms. The van der Waals surface area contributed by atoms with E-state index in [1.165, 1.54) is 0 Å². The molecule has 0 aliphatic carbocycles. The van der Waals surface area contributed by atoms with Gasteiger partial charge >= 0.3 is 0 Å². The zero-order valence-corrected chi connectivity index (χ0v) is 14.7. The van der Waals surface area contributed by atoms with Gasteiger partial charge in [0.15, 0.2) is 0 Å². The standard InChI is InChI=1S/C21H21N3O2/c1-15-23-18-8-3-4-9-19(18)24(15)12-6-11-22-21(25)17-13-16-7-2-5-10-20(16)26-14-17/h2-5,7-10,13H,6,11-12,14H2,1H3,(H,22,25). The van der Waals surface area contributed by atoms with Gasteiger partial charge in [-0.3, -0.25) is 4.79 Å². The molecule has 4 rings (SSSR count). The van der Waals surface area contributed by atoms with Gasteiger partial charge in [0.25, 0.3) is 5.91 Å². The van der Waals surface area contributed by atoms with Crippen LogP contribution in [0.3, 0.4) is 0 Å². The lowest BCUT2D eigenvalue weighted by molar-refractivity contribution is -0.117. The number of aromatic nitrogens is 2. The lowest BCUT2D eigenvalue weighted by atomic mass is 10.1. The zero-order valence-electron chi connectivity index (χ0n) is 14.7. The van der Waals surface area contributed by atoms with Crippen molar-refractivity contribution in [3.8, 4) is 5.75 Å². The molecule has 5 nitrogen and oxygen atoms in total. The molecule has 0 spiro atoms. The second kappa shape index (κ2) is 7.04. The number of carbonyl (C=O) groups excluding carboxylic acids is 1. The third-order valence-electron chi connectivity index (χ3n) is 4.61. The van der Waals surface area contributed by atoms with Gasteiger partial charge in [-0.05, 0) is 37.6 Å². The molecule has 1 aliphatic heterocycles. The highest BCUT2D eigenvalue weighted by Gasteiger charge is 2.16. The summed E-state index contributed by atoms with van der Waals surface area (Å²) in [6.45, 7) is 3.77. The first kappa shape index (κ1) is 16.4. The van der Waals surface area contributed by atoms with Crippen LogP contribution in [0.15, 0.2) is 54.1 Å². The lowest BCUT2D eigenvalue weighted by Crippen LogP contribution is -2.29. The molecule has 132 valence electrons. The van der Waals surface area contributed by atoms with Gasteiger partial charge in [-0.25, -0.2) is 4.98 Å². The molecule has 0 saturated heterocycles. The van der Waals surface area contributed by atoms with Crippen molar-refractivity contribution < 1.29 is 9.53 Å². The number of fused-ring (bicyclic) bond motifs is 2. The van der Waals surface area contributed by atoms with E-state index in [4.69, 9.17) is 4.74 Å². The Labute approximate surface area is 152 Å². The van der Waals surface area contributed by atoms with Crippen LogP contribution in [-0.2, 0) is 11.3 Å². The van der Waals surface area contributed by atoms with Gasteiger partial charge in [-0.15, -0.1) is 0 Å². The number of amides is 1. The summed E-state index contributed by atoms with van der Waals surface area (Å²) in [6, 6.07) is 15.9. The van der Waals surface area contributed by atoms with Crippen LogP contribution in [-0.4, -0.2) is 28.6 Å². The van der Waals surface area contributed by atoms with E-state index in [0.29, 0.717) is 18.7 Å². The third kappa shape index (κ3) is 3.20. The van der Waals surface area contributed by atoms with E-state index >= 15 is 0 Å². The summed E-state index contributed by atoms with van der Waals surface area (Å²) in [4.78, 5) is 16.9. The van der Waals surface area contributed by atoms with Crippen LogP contribution in [0.1, 0.15) is 17.8 Å². The van der Waals surface area contributed by atoms with Gasteiger partial charge in [0, 0.05) is 18.7 Å². The predicted molar refractivity (Wildman–Crippen MR) is 102 cm³/mol. The van der Waals surface area contributed by atoms with Crippen LogP contribution < -0.4 is 10.1 Å². The van der Waals surface area contributed by atoms with Gasteiger partial charge in [0.1, 0.15) is 18.2 Å². The molecule has 1 aliphatic rings. The maximum absolute atomic E-state index is 12.4. The molecular formula is C21H21N3O2. The van der Waals surface area contributed by atoms with Crippen molar-refractivity contribution >= 4 is 23.0 Å². The number of carbonyl (C=O) groups is 1. The second-order valence-corrected chi connectivity index (χ2v) is 6.40. The highest BCUT2D eigenvalue weighted by Crippen LogP contribution is 2.25. The van der Waals surface area contributed by atoms with Gasteiger partial charge in [-0.1, -0.05) is 30.3 Å². The first-order valence-electron chi connectivity index (χ1n) is 8.85. The number of aryl methyl sites for hydroxylation is 2. The summed E-state index contributed by atoms with van der Waals surface area (Å²) >= 11 is 0. The molecule has 0 atom stereocenters. The Balaban J connectivity index is 1.34. The zero-order chi connectivity index (χ0) is 17.9. The molecule has 26 heavy (non-hydrogen) atoms. The number of hydrogen-bond acceptors (Lipinski definition) is 3. The fourth-order valence-electron chi connectivity index (χ4n) is 3.28. The number of ether oxygens (including phenoxy) is 1. The van der Waals surface area contributed by atoms with Crippen molar-refractivity contribution in [2.75, 3.05) is 13.2 Å². The summed E-state index contributed by atoms with van der Waals surface area (Å²) in [7, 11) is 0. The molecule has 1 N–H and O–H groups in total. The topological polar surface area (TPSA) is 56.2 Å². The minimum absolute atomic E-state index is 0.0632. The van der Waals surface area contributed by atoms with Crippen LogP contribution in [0.25, 0.3) is 17.1 Å². The monoisotopic (exact) mass is 347 g/mol. The first-order chi connectivity index (χ1) is 12.7. The number of imidazole rings is 1.